The first-order chi connectivity index (χ1) is 6.94. The zero-order valence-electron chi connectivity index (χ0n) is 10.3. The maximum atomic E-state index is 11.7. The standard InChI is InChI=1S/C11H23N3O/c1-11(2)10(15)12-6-9-14(11)8-5-7-13(3)4/h5-9H2,1-4H3,(H,12,15). The Bertz CT molecular complexity index is 226. The molecule has 1 aliphatic heterocycles. The minimum absolute atomic E-state index is 0.151. The summed E-state index contributed by atoms with van der Waals surface area (Å²) < 4.78 is 0. The molecule has 4 nitrogen and oxygen atoms in total. The molecule has 0 radical (unpaired) electrons. The van der Waals surface area contributed by atoms with E-state index in [4.69, 9.17) is 0 Å². The van der Waals surface area contributed by atoms with Gasteiger partial charge in [0.2, 0.25) is 5.91 Å². The Labute approximate surface area is 92.6 Å². The van der Waals surface area contributed by atoms with E-state index in [1.807, 2.05) is 13.8 Å². The van der Waals surface area contributed by atoms with Crippen LogP contribution in [0.15, 0.2) is 0 Å². The van der Waals surface area contributed by atoms with Crippen molar-refractivity contribution in [3.05, 3.63) is 0 Å². The number of carbonyl (C=O) groups excluding carboxylic acids is 1. The minimum atomic E-state index is -0.343. The molecule has 0 unspecified atom stereocenters. The third-order valence-corrected chi connectivity index (χ3v) is 3.05. The van der Waals surface area contributed by atoms with Crippen molar-refractivity contribution >= 4 is 5.91 Å². The highest BCUT2D eigenvalue weighted by Crippen LogP contribution is 2.17. The molecule has 0 aliphatic carbocycles. The van der Waals surface area contributed by atoms with E-state index in [2.05, 4.69) is 29.2 Å². The highest BCUT2D eigenvalue weighted by atomic mass is 16.2. The fourth-order valence-corrected chi connectivity index (χ4v) is 1.91. The van der Waals surface area contributed by atoms with E-state index in [0.717, 1.165) is 32.6 Å². The van der Waals surface area contributed by atoms with Gasteiger partial charge in [0.15, 0.2) is 0 Å². The van der Waals surface area contributed by atoms with E-state index in [0.29, 0.717) is 0 Å². The maximum Gasteiger partial charge on any atom is 0.239 e. The second kappa shape index (κ2) is 4.94. The normalized spacial score (nSPS) is 21.8. The Morgan fingerprint density at radius 3 is 2.73 bits per heavy atom. The van der Waals surface area contributed by atoms with Crippen molar-refractivity contribution in [2.75, 3.05) is 40.3 Å². The SMILES string of the molecule is CN(C)CCCN1CCNC(=O)C1(C)C. The second-order valence-corrected chi connectivity index (χ2v) is 4.96. The average molecular weight is 213 g/mol. The van der Waals surface area contributed by atoms with Gasteiger partial charge in [-0.25, -0.2) is 0 Å². The van der Waals surface area contributed by atoms with Crippen molar-refractivity contribution in [3.63, 3.8) is 0 Å². The van der Waals surface area contributed by atoms with E-state index in [1.54, 1.807) is 0 Å². The molecule has 1 N–H and O–H groups in total. The number of nitrogens with zero attached hydrogens (tertiary/aromatic N) is 2. The summed E-state index contributed by atoms with van der Waals surface area (Å²) in [5.74, 6) is 0.151. The second-order valence-electron chi connectivity index (χ2n) is 4.96. The van der Waals surface area contributed by atoms with Crippen LogP contribution in [-0.2, 0) is 4.79 Å². The molecule has 0 atom stereocenters. The van der Waals surface area contributed by atoms with Crippen LogP contribution in [0.2, 0.25) is 0 Å². The molecule has 1 saturated heterocycles. The van der Waals surface area contributed by atoms with Gasteiger partial charge in [0, 0.05) is 19.6 Å². The van der Waals surface area contributed by atoms with E-state index in [9.17, 15) is 4.79 Å². The zero-order chi connectivity index (χ0) is 11.5. The van der Waals surface area contributed by atoms with E-state index in [1.165, 1.54) is 0 Å². The monoisotopic (exact) mass is 213 g/mol. The molecule has 1 aliphatic rings. The lowest BCUT2D eigenvalue weighted by Gasteiger charge is -2.41. The van der Waals surface area contributed by atoms with Gasteiger partial charge in [0.25, 0.3) is 0 Å². The largest absolute Gasteiger partial charge is 0.353 e. The van der Waals surface area contributed by atoms with Crippen molar-refractivity contribution in [2.45, 2.75) is 25.8 Å². The van der Waals surface area contributed by atoms with E-state index >= 15 is 0 Å². The number of carbonyl (C=O) groups is 1. The van der Waals surface area contributed by atoms with E-state index in [-0.39, 0.29) is 11.4 Å². The van der Waals surface area contributed by atoms with Crippen molar-refractivity contribution < 1.29 is 4.79 Å². The number of rotatable bonds is 4. The molecule has 1 fully saturated rings. The van der Waals surface area contributed by atoms with Gasteiger partial charge in [-0.15, -0.1) is 0 Å². The van der Waals surface area contributed by atoms with Crippen LogP contribution >= 0.6 is 0 Å². The Balaban J connectivity index is 2.42. The van der Waals surface area contributed by atoms with Crippen molar-refractivity contribution in [1.29, 1.82) is 0 Å². The van der Waals surface area contributed by atoms with Crippen molar-refractivity contribution in [3.8, 4) is 0 Å². The number of hydrogen-bond acceptors (Lipinski definition) is 3. The smallest absolute Gasteiger partial charge is 0.239 e. The Morgan fingerprint density at radius 2 is 2.13 bits per heavy atom. The molecular weight excluding hydrogens is 190 g/mol. The lowest BCUT2D eigenvalue weighted by molar-refractivity contribution is -0.135. The van der Waals surface area contributed by atoms with Gasteiger partial charge >= 0.3 is 0 Å². The molecule has 1 amide bonds. The molecule has 4 heteroatoms. The summed E-state index contributed by atoms with van der Waals surface area (Å²) in [4.78, 5) is 16.1. The summed E-state index contributed by atoms with van der Waals surface area (Å²) >= 11 is 0. The first kappa shape index (κ1) is 12.5. The molecule has 1 rings (SSSR count). The van der Waals surface area contributed by atoms with Crippen LogP contribution in [-0.4, -0.2) is 61.5 Å². The summed E-state index contributed by atoms with van der Waals surface area (Å²) in [6.45, 7) is 7.82. The van der Waals surface area contributed by atoms with Gasteiger partial charge in [0.1, 0.15) is 0 Å². The van der Waals surface area contributed by atoms with Crippen LogP contribution in [0.4, 0.5) is 0 Å². The summed E-state index contributed by atoms with van der Waals surface area (Å²) in [5, 5.41) is 2.91. The fraction of sp³-hybridized carbons (Fsp3) is 0.909. The highest BCUT2D eigenvalue weighted by molar-refractivity contribution is 5.86. The average Bonchev–Trinajstić information content (AvgIpc) is 2.12. The van der Waals surface area contributed by atoms with Gasteiger partial charge in [-0.1, -0.05) is 0 Å². The first-order valence-corrected chi connectivity index (χ1v) is 5.62. The minimum Gasteiger partial charge on any atom is -0.353 e. The number of nitrogens with one attached hydrogen (secondary N) is 1. The first-order valence-electron chi connectivity index (χ1n) is 5.62. The lowest BCUT2D eigenvalue weighted by atomic mass is 9.99. The molecule has 0 aromatic heterocycles. The Kier molecular flexibility index (Phi) is 4.11. The molecule has 1 heterocycles. The van der Waals surface area contributed by atoms with Crippen molar-refractivity contribution in [1.82, 2.24) is 15.1 Å². The molecule has 0 aromatic carbocycles. The van der Waals surface area contributed by atoms with Crippen LogP contribution in [0.1, 0.15) is 20.3 Å². The molecular formula is C11H23N3O. The molecule has 0 bridgehead atoms. The van der Waals surface area contributed by atoms with E-state index < -0.39 is 0 Å². The number of hydrogen-bond donors (Lipinski definition) is 1. The molecule has 0 saturated carbocycles. The summed E-state index contributed by atoms with van der Waals surface area (Å²) in [6, 6.07) is 0. The quantitative estimate of drug-likeness (QED) is 0.722. The topological polar surface area (TPSA) is 35.6 Å². The van der Waals surface area contributed by atoms with Gasteiger partial charge in [-0.05, 0) is 40.9 Å². The van der Waals surface area contributed by atoms with Crippen LogP contribution in [0, 0.1) is 0 Å². The Hall–Kier alpha value is -0.610. The number of piperazine rings is 1. The lowest BCUT2D eigenvalue weighted by Crippen LogP contribution is -2.61. The number of amides is 1. The fourth-order valence-electron chi connectivity index (χ4n) is 1.91. The van der Waals surface area contributed by atoms with Gasteiger partial charge < -0.3 is 10.2 Å². The third kappa shape index (κ3) is 3.18. The van der Waals surface area contributed by atoms with Crippen LogP contribution in [0.3, 0.4) is 0 Å². The van der Waals surface area contributed by atoms with Crippen molar-refractivity contribution in [2.24, 2.45) is 0 Å². The van der Waals surface area contributed by atoms with Gasteiger partial charge in [-0.3, -0.25) is 9.69 Å². The molecule has 0 spiro atoms. The highest BCUT2D eigenvalue weighted by Gasteiger charge is 2.36. The van der Waals surface area contributed by atoms with Gasteiger partial charge in [-0.2, -0.15) is 0 Å². The summed E-state index contributed by atoms with van der Waals surface area (Å²) in [7, 11) is 4.15. The molecule has 0 aromatic rings. The molecule has 15 heavy (non-hydrogen) atoms. The summed E-state index contributed by atoms with van der Waals surface area (Å²) in [5.41, 5.74) is -0.343. The Morgan fingerprint density at radius 1 is 1.47 bits per heavy atom. The predicted molar refractivity (Wildman–Crippen MR) is 61.8 cm³/mol. The van der Waals surface area contributed by atoms with Crippen LogP contribution in [0.25, 0.3) is 0 Å². The van der Waals surface area contributed by atoms with Crippen LogP contribution in [0.5, 0.6) is 0 Å². The van der Waals surface area contributed by atoms with Gasteiger partial charge in [0.05, 0.1) is 5.54 Å². The molecule has 88 valence electrons. The predicted octanol–water partition coefficient (Wildman–Crippen LogP) is 0.149. The summed E-state index contributed by atoms with van der Waals surface area (Å²) in [6.07, 6.45) is 1.11. The maximum absolute atomic E-state index is 11.7. The van der Waals surface area contributed by atoms with Crippen LogP contribution < -0.4 is 5.32 Å². The zero-order valence-corrected chi connectivity index (χ0v) is 10.3. The third-order valence-electron chi connectivity index (χ3n) is 3.05.